The molecule has 1 N–H and O–H groups in total. The summed E-state index contributed by atoms with van der Waals surface area (Å²) in [6, 6.07) is 0. The Bertz CT molecular complexity index is 271. The zero-order valence-corrected chi connectivity index (χ0v) is 5.13. The van der Waals surface area contributed by atoms with Gasteiger partial charge in [0.2, 0.25) is 0 Å². The highest BCUT2D eigenvalue weighted by molar-refractivity contribution is 5.81. The zero-order valence-electron chi connectivity index (χ0n) is 9.13. The second kappa shape index (κ2) is 2.68. The molecule has 0 unspecified atom stereocenters. The van der Waals surface area contributed by atoms with Crippen molar-refractivity contribution in [2.75, 3.05) is 13.0 Å². The summed E-state index contributed by atoms with van der Waals surface area (Å²) in [6.45, 7) is -4.94. The van der Waals surface area contributed by atoms with Gasteiger partial charge in [-0.3, -0.25) is 4.79 Å². The van der Waals surface area contributed by atoms with E-state index in [4.69, 9.17) is 10.6 Å². The Labute approximate surface area is 64.1 Å². The molecule has 0 bridgehead atoms. The summed E-state index contributed by atoms with van der Waals surface area (Å²) < 4.78 is 29.0. The van der Waals surface area contributed by atoms with Crippen LogP contribution < -0.4 is 0 Å². The summed E-state index contributed by atoms with van der Waals surface area (Å²) in [7, 11) is 0. The highest BCUT2D eigenvalue weighted by Gasteiger charge is 2.19. The number of amides is 1. The fourth-order valence-corrected chi connectivity index (χ4v) is 0.588. The normalized spacial score (nSPS) is 35.2. The molecule has 4 heteroatoms. The third kappa shape index (κ3) is 1.46. The Kier molecular flexibility index (Phi) is 0.903. The van der Waals surface area contributed by atoms with Crippen LogP contribution >= 0.6 is 0 Å². The van der Waals surface area contributed by atoms with Crippen molar-refractivity contribution in [3.05, 3.63) is 0 Å². The van der Waals surface area contributed by atoms with Gasteiger partial charge in [0.1, 0.15) is 5.78 Å². The van der Waals surface area contributed by atoms with Crippen molar-refractivity contribution in [2.45, 2.75) is 12.8 Å². The predicted molar refractivity (Wildman–Crippen MR) is 33.8 cm³/mol. The molecule has 0 aromatic heterocycles. The maximum atomic E-state index is 11.0. The average molecular weight is 147 g/mol. The minimum absolute atomic E-state index is 0.0569. The number of carboxylic acid groups (broad SMARTS) is 1. The van der Waals surface area contributed by atoms with Crippen molar-refractivity contribution in [1.82, 2.24) is 4.90 Å². The molecule has 0 aromatic carbocycles. The van der Waals surface area contributed by atoms with Crippen LogP contribution in [0.1, 0.15) is 18.3 Å². The van der Waals surface area contributed by atoms with Gasteiger partial charge in [0.05, 0.1) is 0 Å². The van der Waals surface area contributed by atoms with Crippen LogP contribution in [-0.2, 0) is 4.79 Å². The van der Waals surface area contributed by atoms with E-state index in [1.807, 2.05) is 0 Å². The molecule has 0 aliphatic carbocycles. The molecule has 1 fully saturated rings. The number of piperidine rings is 1. The fraction of sp³-hybridized carbons (Fsp3) is 0.667. The van der Waals surface area contributed by atoms with Crippen LogP contribution in [0.25, 0.3) is 0 Å². The second-order valence-corrected chi connectivity index (χ2v) is 1.83. The van der Waals surface area contributed by atoms with Crippen molar-refractivity contribution in [1.29, 1.82) is 0 Å². The van der Waals surface area contributed by atoms with E-state index in [1.54, 1.807) is 0 Å². The van der Waals surface area contributed by atoms with E-state index in [0.717, 1.165) is 0 Å². The first-order valence-corrected chi connectivity index (χ1v) is 2.72. The number of carbonyl (C=O) groups is 2. The van der Waals surface area contributed by atoms with Crippen LogP contribution in [0.3, 0.4) is 0 Å². The number of likely N-dealkylation sites (tertiary alicyclic amines) is 1. The van der Waals surface area contributed by atoms with Gasteiger partial charge in [-0.05, 0) is 0 Å². The van der Waals surface area contributed by atoms with Crippen molar-refractivity contribution in [2.24, 2.45) is 0 Å². The molecule has 1 aliphatic rings. The molecule has 0 saturated carbocycles. The van der Waals surface area contributed by atoms with Gasteiger partial charge < -0.3 is 10.0 Å². The molecule has 10 heavy (non-hydrogen) atoms. The van der Waals surface area contributed by atoms with Crippen molar-refractivity contribution >= 4 is 11.9 Å². The number of Topliss-reactive ketones (excluding diaryl/α,β-unsaturated/α-hetero) is 1. The van der Waals surface area contributed by atoms with E-state index in [0.29, 0.717) is 0 Å². The zero-order chi connectivity index (χ0) is 11.1. The van der Waals surface area contributed by atoms with Gasteiger partial charge in [-0.1, -0.05) is 0 Å². The van der Waals surface area contributed by atoms with Gasteiger partial charge >= 0.3 is 6.09 Å². The van der Waals surface area contributed by atoms with Crippen molar-refractivity contribution in [3.63, 3.8) is 0 Å². The first kappa shape index (κ1) is 3.37. The van der Waals surface area contributed by atoms with E-state index >= 15 is 0 Å². The molecule has 0 aromatic rings. The largest absolute Gasteiger partial charge is 0.465 e. The van der Waals surface area contributed by atoms with Gasteiger partial charge in [0, 0.05) is 31.3 Å². The van der Waals surface area contributed by atoms with E-state index in [-0.39, 0.29) is 4.90 Å². The first-order chi connectivity index (χ1) is 6.17. The molecule has 1 amide bonds. The van der Waals surface area contributed by atoms with Gasteiger partial charge in [-0.25, -0.2) is 4.79 Å². The molecule has 0 radical (unpaired) electrons. The summed E-state index contributed by atoms with van der Waals surface area (Å²) in [5.74, 6) is -0.613. The lowest BCUT2D eigenvalue weighted by atomic mass is 10.1. The van der Waals surface area contributed by atoms with Crippen LogP contribution in [0.5, 0.6) is 0 Å². The van der Waals surface area contributed by atoms with E-state index < -0.39 is 37.7 Å². The highest BCUT2D eigenvalue weighted by Crippen LogP contribution is 2.04. The maximum Gasteiger partial charge on any atom is 0.407 e. The molecule has 1 aliphatic heterocycles. The Morgan fingerprint density at radius 1 is 1.60 bits per heavy atom. The van der Waals surface area contributed by atoms with Gasteiger partial charge in [0.15, 0.2) is 0 Å². The Balaban J connectivity index is 3.09. The van der Waals surface area contributed by atoms with Crippen LogP contribution in [0.15, 0.2) is 0 Å². The van der Waals surface area contributed by atoms with Gasteiger partial charge in [-0.2, -0.15) is 0 Å². The topological polar surface area (TPSA) is 57.6 Å². The standard InChI is InChI=1S/C6H9NO3/c8-5-1-3-7(4-2-5)6(9)10/h1-4H2,(H,9,10)/i3D2,4D2. The van der Waals surface area contributed by atoms with E-state index in [9.17, 15) is 9.59 Å². The van der Waals surface area contributed by atoms with Crippen LogP contribution in [0, 0.1) is 0 Å². The summed E-state index contributed by atoms with van der Waals surface area (Å²) in [6.07, 6.45) is -2.90. The van der Waals surface area contributed by atoms with Gasteiger partial charge in [0.25, 0.3) is 0 Å². The van der Waals surface area contributed by atoms with Crippen LogP contribution in [-0.4, -0.2) is 34.9 Å². The summed E-state index contributed by atoms with van der Waals surface area (Å²) >= 11 is 0. The molecule has 1 saturated heterocycles. The van der Waals surface area contributed by atoms with E-state index in [2.05, 4.69) is 0 Å². The minimum Gasteiger partial charge on any atom is -0.465 e. The highest BCUT2D eigenvalue weighted by atomic mass is 16.4. The summed E-state index contributed by atoms with van der Waals surface area (Å²) in [5.41, 5.74) is 0. The van der Waals surface area contributed by atoms with Gasteiger partial charge in [-0.15, -0.1) is 0 Å². The SMILES string of the molecule is [2H]C1([2H])CC(=O)CC([2H])([2H])N1C(=O)O. The molecular weight excluding hydrogens is 134 g/mol. The smallest absolute Gasteiger partial charge is 0.407 e. The third-order valence-corrected chi connectivity index (χ3v) is 1.06. The lowest BCUT2D eigenvalue weighted by Gasteiger charge is -2.22. The quantitative estimate of drug-likeness (QED) is 0.537. The molecular formula is C6H9NO3. The number of rotatable bonds is 0. The number of carbonyl (C=O) groups excluding carboxylic acids is 1. The van der Waals surface area contributed by atoms with Crippen LogP contribution in [0.2, 0.25) is 0 Å². The lowest BCUT2D eigenvalue weighted by molar-refractivity contribution is -0.121. The predicted octanol–water partition coefficient (Wildman–Crippen LogP) is 0.329. The summed E-state index contributed by atoms with van der Waals surface area (Å²) in [5, 5.41) is 8.63. The summed E-state index contributed by atoms with van der Waals surface area (Å²) in [4.78, 5) is 21.6. The first-order valence-electron chi connectivity index (χ1n) is 4.72. The average Bonchev–Trinajstić information content (AvgIpc) is 1.75. The number of hydrogen-bond acceptors (Lipinski definition) is 2. The number of ketones is 1. The third-order valence-electron chi connectivity index (χ3n) is 1.06. The minimum atomic E-state index is -2.47. The maximum absolute atomic E-state index is 11.0. The van der Waals surface area contributed by atoms with Crippen molar-refractivity contribution in [3.8, 4) is 0 Å². The van der Waals surface area contributed by atoms with E-state index in [1.165, 1.54) is 0 Å². The molecule has 4 nitrogen and oxygen atoms in total. The monoisotopic (exact) mass is 147 g/mol. The van der Waals surface area contributed by atoms with Crippen molar-refractivity contribution < 1.29 is 20.2 Å². The molecule has 0 spiro atoms. The Morgan fingerprint density at radius 2 is 2.10 bits per heavy atom. The molecule has 0 atom stereocenters. The molecule has 56 valence electrons. The Morgan fingerprint density at radius 3 is 2.50 bits per heavy atom. The lowest BCUT2D eigenvalue weighted by Crippen LogP contribution is -2.37. The Hall–Kier alpha value is -1.06. The molecule has 1 heterocycles. The fourth-order valence-electron chi connectivity index (χ4n) is 0.588. The van der Waals surface area contributed by atoms with Crippen LogP contribution in [0.4, 0.5) is 4.79 Å². The molecule has 1 rings (SSSR count). The second-order valence-electron chi connectivity index (χ2n) is 1.83. The number of nitrogens with zero attached hydrogens (tertiary/aromatic N) is 1. The number of hydrogen-bond donors (Lipinski definition) is 1.